The number of carbonyl (C=O) groups is 2. The van der Waals surface area contributed by atoms with Crippen LogP contribution in [0.1, 0.15) is 29.3 Å². The SMILES string of the molecule is CCCNC(=O)CN(C)C(=O)c1cc(N)ccc1C. The maximum atomic E-state index is 12.2. The van der Waals surface area contributed by atoms with Crippen molar-refractivity contribution in [1.29, 1.82) is 0 Å². The van der Waals surface area contributed by atoms with Crippen molar-refractivity contribution in [3.05, 3.63) is 29.3 Å². The molecular weight excluding hydrogens is 242 g/mol. The number of nitrogens with one attached hydrogen (secondary N) is 1. The summed E-state index contributed by atoms with van der Waals surface area (Å²) in [5, 5.41) is 2.74. The highest BCUT2D eigenvalue weighted by atomic mass is 16.2. The molecule has 0 saturated carbocycles. The molecule has 0 radical (unpaired) electrons. The zero-order valence-corrected chi connectivity index (χ0v) is 11.7. The summed E-state index contributed by atoms with van der Waals surface area (Å²) >= 11 is 0. The maximum Gasteiger partial charge on any atom is 0.254 e. The van der Waals surface area contributed by atoms with Gasteiger partial charge in [-0.05, 0) is 31.0 Å². The van der Waals surface area contributed by atoms with Crippen LogP contribution in [0.3, 0.4) is 0 Å². The van der Waals surface area contributed by atoms with E-state index in [9.17, 15) is 9.59 Å². The number of aryl methyl sites for hydroxylation is 1. The van der Waals surface area contributed by atoms with Gasteiger partial charge in [0.15, 0.2) is 0 Å². The van der Waals surface area contributed by atoms with Gasteiger partial charge in [-0.3, -0.25) is 9.59 Å². The first kappa shape index (κ1) is 15.0. The van der Waals surface area contributed by atoms with Gasteiger partial charge in [-0.25, -0.2) is 0 Å². The second-order valence-electron chi connectivity index (χ2n) is 4.59. The average molecular weight is 263 g/mol. The Hall–Kier alpha value is -2.04. The fraction of sp³-hybridized carbons (Fsp3) is 0.429. The smallest absolute Gasteiger partial charge is 0.254 e. The number of nitrogens with two attached hydrogens (primary N) is 1. The van der Waals surface area contributed by atoms with E-state index in [1.165, 1.54) is 4.90 Å². The molecule has 1 aromatic carbocycles. The van der Waals surface area contributed by atoms with Crippen LogP contribution in [0.2, 0.25) is 0 Å². The first-order valence-electron chi connectivity index (χ1n) is 6.34. The van der Waals surface area contributed by atoms with Crippen molar-refractivity contribution >= 4 is 17.5 Å². The third kappa shape index (κ3) is 4.28. The number of carbonyl (C=O) groups excluding carboxylic acids is 2. The first-order valence-corrected chi connectivity index (χ1v) is 6.34. The van der Waals surface area contributed by atoms with Crippen molar-refractivity contribution in [3.63, 3.8) is 0 Å². The predicted octanol–water partition coefficient (Wildman–Crippen LogP) is 1.18. The minimum atomic E-state index is -0.198. The van der Waals surface area contributed by atoms with E-state index in [4.69, 9.17) is 5.73 Å². The lowest BCUT2D eigenvalue weighted by atomic mass is 10.1. The number of hydrogen-bond donors (Lipinski definition) is 2. The Balaban J connectivity index is 2.71. The molecule has 0 aromatic heterocycles. The maximum absolute atomic E-state index is 12.2. The summed E-state index contributed by atoms with van der Waals surface area (Å²) in [4.78, 5) is 25.2. The molecule has 0 saturated heterocycles. The second-order valence-corrected chi connectivity index (χ2v) is 4.59. The molecule has 0 bridgehead atoms. The van der Waals surface area contributed by atoms with E-state index < -0.39 is 0 Å². The molecule has 5 nitrogen and oxygen atoms in total. The monoisotopic (exact) mass is 263 g/mol. The number of nitrogens with zero attached hydrogens (tertiary/aromatic N) is 1. The molecule has 1 aromatic rings. The Kier molecular flexibility index (Phi) is 5.36. The quantitative estimate of drug-likeness (QED) is 0.783. The Morgan fingerprint density at radius 2 is 2.05 bits per heavy atom. The summed E-state index contributed by atoms with van der Waals surface area (Å²) < 4.78 is 0. The molecule has 0 spiro atoms. The lowest BCUT2D eigenvalue weighted by molar-refractivity contribution is -0.121. The van der Waals surface area contributed by atoms with Gasteiger partial charge in [0, 0.05) is 24.8 Å². The van der Waals surface area contributed by atoms with Gasteiger partial charge in [0.25, 0.3) is 5.91 Å². The number of amides is 2. The molecule has 2 amide bonds. The molecule has 0 heterocycles. The zero-order valence-electron chi connectivity index (χ0n) is 11.7. The van der Waals surface area contributed by atoms with Crippen molar-refractivity contribution in [2.24, 2.45) is 0 Å². The first-order chi connectivity index (χ1) is 8.95. The molecule has 0 aliphatic carbocycles. The molecule has 0 unspecified atom stereocenters. The fourth-order valence-corrected chi connectivity index (χ4v) is 1.68. The largest absolute Gasteiger partial charge is 0.399 e. The average Bonchev–Trinajstić information content (AvgIpc) is 2.38. The van der Waals surface area contributed by atoms with Crippen molar-refractivity contribution in [2.75, 3.05) is 25.9 Å². The van der Waals surface area contributed by atoms with E-state index in [1.54, 1.807) is 25.2 Å². The summed E-state index contributed by atoms with van der Waals surface area (Å²) in [6.45, 7) is 4.49. The molecule has 1 rings (SSSR count). The van der Waals surface area contributed by atoms with Crippen LogP contribution in [0.5, 0.6) is 0 Å². The number of nitrogen functional groups attached to an aromatic ring is 1. The van der Waals surface area contributed by atoms with E-state index in [0.717, 1.165) is 12.0 Å². The van der Waals surface area contributed by atoms with Crippen LogP contribution >= 0.6 is 0 Å². The van der Waals surface area contributed by atoms with Crippen LogP contribution in [0.25, 0.3) is 0 Å². The van der Waals surface area contributed by atoms with Gasteiger partial charge in [-0.2, -0.15) is 0 Å². The Labute approximate surface area is 113 Å². The second kappa shape index (κ2) is 6.78. The van der Waals surface area contributed by atoms with E-state index in [0.29, 0.717) is 17.8 Å². The molecule has 104 valence electrons. The zero-order chi connectivity index (χ0) is 14.4. The number of anilines is 1. The van der Waals surface area contributed by atoms with Gasteiger partial charge in [0.05, 0.1) is 6.54 Å². The van der Waals surface area contributed by atoms with Crippen LogP contribution in [0.4, 0.5) is 5.69 Å². The topological polar surface area (TPSA) is 75.4 Å². The third-order valence-corrected chi connectivity index (χ3v) is 2.79. The van der Waals surface area contributed by atoms with Crippen LogP contribution in [0, 0.1) is 6.92 Å². The van der Waals surface area contributed by atoms with Crippen molar-refractivity contribution in [1.82, 2.24) is 10.2 Å². The summed E-state index contributed by atoms with van der Waals surface area (Å²) in [6, 6.07) is 5.19. The van der Waals surface area contributed by atoms with Crippen LogP contribution in [-0.4, -0.2) is 36.9 Å². The number of likely N-dealkylation sites (N-methyl/N-ethyl adjacent to an activating group) is 1. The van der Waals surface area contributed by atoms with Gasteiger partial charge in [-0.15, -0.1) is 0 Å². The standard InChI is InChI=1S/C14H21N3O2/c1-4-7-16-13(18)9-17(3)14(19)12-8-11(15)6-5-10(12)2/h5-6,8H,4,7,9,15H2,1-3H3,(H,16,18). The Morgan fingerprint density at radius 3 is 2.68 bits per heavy atom. The highest BCUT2D eigenvalue weighted by Gasteiger charge is 2.16. The van der Waals surface area contributed by atoms with E-state index in [-0.39, 0.29) is 18.4 Å². The van der Waals surface area contributed by atoms with E-state index >= 15 is 0 Å². The highest BCUT2D eigenvalue weighted by Crippen LogP contribution is 2.14. The van der Waals surface area contributed by atoms with Crippen LogP contribution in [-0.2, 0) is 4.79 Å². The molecule has 0 atom stereocenters. The van der Waals surface area contributed by atoms with Crippen LogP contribution in [0.15, 0.2) is 18.2 Å². The number of rotatable bonds is 5. The number of benzene rings is 1. The van der Waals surface area contributed by atoms with E-state index in [1.807, 2.05) is 13.8 Å². The Morgan fingerprint density at radius 1 is 1.37 bits per heavy atom. The Bertz CT molecular complexity index is 472. The van der Waals surface area contributed by atoms with Crippen molar-refractivity contribution in [3.8, 4) is 0 Å². The summed E-state index contributed by atoms with van der Waals surface area (Å²) in [6.07, 6.45) is 0.873. The van der Waals surface area contributed by atoms with Gasteiger partial charge in [0.2, 0.25) is 5.91 Å². The molecule has 0 fully saturated rings. The highest BCUT2D eigenvalue weighted by molar-refractivity contribution is 5.98. The molecule has 3 N–H and O–H groups in total. The third-order valence-electron chi connectivity index (χ3n) is 2.79. The summed E-state index contributed by atoms with van der Waals surface area (Å²) in [5.41, 5.74) is 7.60. The van der Waals surface area contributed by atoms with Gasteiger partial charge in [0.1, 0.15) is 0 Å². The number of hydrogen-bond acceptors (Lipinski definition) is 3. The fourth-order valence-electron chi connectivity index (χ4n) is 1.68. The normalized spacial score (nSPS) is 10.1. The van der Waals surface area contributed by atoms with Gasteiger partial charge >= 0.3 is 0 Å². The molecule has 0 aliphatic heterocycles. The minimum absolute atomic E-state index is 0.0487. The lowest BCUT2D eigenvalue weighted by Crippen LogP contribution is -2.38. The van der Waals surface area contributed by atoms with Crippen LogP contribution < -0.4 is 11.1 Å². The summed E-state index contributed by atoms with van der Waals surface area (Å²) in [7, 11) is 1.61. The lowest BCUT2D eigenvalue weighted by Gasteiger charge is -2.18. The molecule has 19 heavy (non-hydrogen) atoms. The molecule has 0 aliphatic rings. The summed E-state index contributed by atoms with van der Waals surface area (Å²) in [5.74, 6) is -0.351. The molecular formula is C14H21N3O2. The molecule has 5 heteroatoms. The minimum Gasteiger partial charge on any atom is -0.399 e. The van der Waals surface area contributed by atoms with Crippen molar-refractivity contribution in [2.45, 2.75) is 20.3 Å². The van der Waals surface area contributed by atoms with E-state index in [2.05, 4.69) is 5.32 Å². The predicted molar refractivity (Wildman–Crippen MR) is 75.9 cm³/mol. The van der Waals surface area contributed by atoms with Gasteiger partial charge < -0.3 is 16.0 Å². The van der Waals surface area contributed by atoms with Gasteiger partial charge in [-0.1, -0.05) is 13.0 Å². The van der Waals surface area contributed by atoms with Crippen molar-refractivity contribution < 1.29 is 9.59 Å².